The molecule has 0 aliphatic carbocycles. The summed E-state index contributed by atoms with van der Waals surface area (Å²) in [5.74, 6) is 5.84. The Hall–Kier alpha value is -1.56. The lowest BCUT2D eigenvalue weighted by molar-refractivity contribution is 1.30. The minimum absolute atomic E-state index is 0.359. The molecule has 1 aromatic carbocycles. The second-order valence-electron chi connectivity index (χ2n) is 3.03. The highest BCUT2D eigenvalue weighted by atomic mass is 35.5. The number of aromatic nitrogens is 1. The van der Waals surface area contributed by atoms with Gasteiger partial charge in [-0.2, -0.15) is 0 Å². The molecule has 0 atom stereocenters. The van der Waals surface area contributed by atoms with Gasteiger partial charge in [0.05, 0.1) is 12.1 Å². The van der Waals surface area contributed by atoms with Crippen LogP contribution < -0.4 is 5.73 Å². The molecule has 1 aromatic heterocycles. The summed E-state index contributed by atoms with van der Waals surface area (Å²) in [5.41, 5.74) is 7.12. The van der Waals surface area contributed by atoms with Gasteiger partial charge in [0.2, 0.25) is 0 Å². The van der Waals surface area contributed by atoms with Gasteiger partial charge in [-0.1, -0.05) is 29.5 Å². The lowest BCUT2D eigenvalue weighted by Gasteiger charge is -1.99. The van der Waals surface area contributed by atoms with Crippen LogP contribution in [0.4, 0.5) is 0 Å². The number of nitrogens with two attached hydrogens (primary N) is 1. The van der Waals surface area contributed by atoms with Crippen molar-refractivity contribution < 1.29 is 0 Å². The molecule has 0 aliphatic heterocycles. The molecule has 0 spiro atoms. The van der Waals surface area contributed by atoms with Crippen LogP contribution in [0.2, 0.25) is 5.02 Å². The van der Waals surface area contributed by atoms with E-state index < -0.39 is 0 Å². The predicted octanol–water partition coefficient (Wildman–Crippen LogP) is 2.20. The highest BCUT2D eigenvalue weighted by molar-refractivity contribution is 6.31. The quantitative estimate of drug-likeness (QED) is 0.686. The van der Waals surface area contributed by atoms with Crippen molar-refractivity contribution in [3.05, 3.63) is 41.0 Å². The minimum Gasteiger partial charge on any atom is -0.320 e. The van der Waals surface area contributed by atoms with E-state index in [2.05, 4.69) is 16.8 Å². The zero-order valence-corrected chi connectivity index (χ0v) is 8.75. The van der Waals surface area contributed by atoms with E-state index in [1.165, 1.54) is 0 Å². The summed E-state index contributed by atoms with van der Waals surface area (Å²) in [4.78, 5) is 4.23. The zero-order valence-electron chi connectivity index (χ0n) is 8.00. The number of hydrogen-bond acceptors (Lipinski definition) is 2. The molecule has 2 N–H and O–H groups in total. The van der Waals surface area contributed by atoms with Crippen LogP contribution in [-0.4, -0.2) is 11.5 Å². The molecule has 0 aliphatic rings. The van der Waals surface area contributed by atoms with Gasteiger partial charge >= 0.3 is 0 Å². The zero-order chi connectivity index (χ0) is 10.7. The number of pyridine rings is 1. The highest BCUT2D eigenvalue weighted by Gasteiger charge is 1.99. The minimum atomic E-state index is 0.359. The molecule has 74 valence electrons. The van der Waals surface area contributed by atoms with Crippen molar-refractivity contribution in [1.29, 1.82) is 0 Å². The van der Waals surface area contributed by atoms with Crippen LogP contribution in [0.25, 0.3) is 10.9 Å². The third-order valence-electron chi connectivity index (χ3n) is 2.03. The fraction of sp³-hybridized carbons (Fsp3) is 0.0833. The van der Waals surface area contributed by atoms with E-state index >= 15 is 0 Å². The fourth-order valence-electron chi connectivity index (χ4n) is 1.38. The van der Waals surface area contributed by atoms with Gasteiger partial charge in [-0.3, -0.25) is 4.98 Å². The van der Waals surface area contributed by atoms with Gasteiger partial charge in [0.1, 0.15) is 0 Å². The normalized spacial score (nSPS) is 9.73. The van der Waals surface area contributed by atoms with E-state index in [1.807, 2.05) is 24.3 Å². The Kier molecular flexibility index (Phi) is 2.86. The predicted molar refractivity (Wildman–Crippen MR) is 62.7 cm³/mol. The van der Waals surface area contributed by atoms with Gasteiger partial charge in [-0.15, -0.1) is 0 Å². The van der Waals surface area contributed by atoms with E-state index in [1.54, 1.807) is 6.20 Å². The second kappa shape index (κ2) is 4.31. The summed E-state index contributed by atoms with van der Waals surface area (Å²) < 4.78 is 0. The molecule has 0 amide bonds. The number of halogens is 1. The molecular formula is C12H9ClN2. The van der Waals surface area contributed by atoms with Crippen LogP contribution in [0.1, 0.15) is 5.56 Å². The summed E-state index contributed by atoms with van der Waals surface area (Å²) in [6, 6.07) is 7.45. The maximum absolute atomic E-state index is 5.88. The number of hydrogen-bond donors (Lipinski definition) is 1. The fourth-order valence-corrected chi connectivity index (χ4v) is 1.54. The Balaban J connectivity index is 2.66. The van der Waals surface area contributed by atoms with Crippen molar-refractivity contribution in [2.45, 2.75) is 0 Å². The number of nitrogens with zero attached hydrogens (tertiary/aromatic N) is 1. The van der Waals surface area contributed by atoms with E-state index in [0.717, 1.165) is 16.5 Å². The molecule has 0 bridgehead atoms. The molecule has 0 saturated heterocycles. The molecular weight excluding hydrogens is 208 g/mol. The van der Waals surface area contributed by atoms with E-state index in [4.69, 9.17) is 17.3 Å². The van der Waals surface area contributed by atoms with Crippen molar-refractivity contribution in [3.8, 4) is 11.8 Å². The van der Waals surface area contributed by atoms with Crippen molar-refractivity contribution in [3.63, 3.8) is 0 Å². The SMILES string of the molecule is NCC#Cc1ccnc2cc(Cl)ccc12. The monoisotopic (exact) mass is 216 g/mol. The van der Waals surface area contributed by atoms with Crippen LogP contribution in [-0.2, 0) is 0 Å². The lowest BCUT2D eigenvalue weighted by atomic mass is 10.1. The van der Waals surface area contributed by atoms with Crippen LogP contribution >= 0.6 is 11.6 Å². The first-order chi connectivity index (χ1) is 7.31. The Bertz CT molecular complexity index is 552. The van der Waals surface area contributed by atoms with Gasteiger partial charge in [-0.05, 0) is 18.2 Å². The smallest absolute Gasteiger partial charge is 0.0729 e. The first-order valence-electron chi connectivity index (χ1n) is 4.54. The summed E-state index contributed by atoms with van der Waals surface area (Å²) in [7, 11) is 0. The molecule has 2 aromatic rings. The Morgan fingerprint density at radius 3 is 3.00 bits per heavy atom. The molecule has 0 saturated carbocycles. The summed E-state index contributed by atoms with van der Waals surface area (Å²) in [5, 5.41) is 1.68. The standard InChI is InChI=1S/C12H9ClN2/c13-10-3-4-11-9(2-1-6-14)5-7-15-12(11)8-10/h3-5,7-8H,6,14H2. The molecule has 0 unspecified atom stereocenters. The average molecular weight is 217 g/mol. The van der Waals surface area contributed by atoms with Crippen LogP contribution in [0, 0.1) is 11.8 Å². The van der Waals surface area contributed by atoms with Gasteiger partial charge < -0.3 is 5.73 Å². The summed E-state index contributed by atoms with van der Waals surface area (Å²) >= 11 is 5.88. The van der Waals surface area contributed by atoms with E-state index in [9.17, 15) is 0 Å². The average Bonchev–Trinajstić information content (AvgIpc) is 2.25. The van der Waals surface area contributed by atoms with Crippen molar-refractivity contribution >= 4 is 22.5 Å². The van der Waals surface area contributed by atoms with Crippen molar-refractivity contribution in [2.24, 2.45) is 5.73 Å². The Morgan fingerprint density at radius 2 is 2.20 bits per heavy atom. The van der Waals surface area contributed by atoms with Crippen LogP contribution in [0.5, 0.6) is 0 Å². The van der Waals surface area contributed by atoms with Gasteiger partial charge in [0, 0.05) is 22.2 Å². The van der Waals surface area contributed by atoms with Gasteiger partial charge in [0.25, 0.3) is 0 Å². The molecule has 2 rings (SSSR count). The van der Waals surface area contributed by atoms with E-state index in [-0.39, 0.29) is 0 Å². The molecule has 0 radical (unpaired) electrons. The first kappa shape index (κ1) is 9.97. The number of rotatable bonds is 0. The summed E-state index contributed by atoms with van der Waals surface area (Å²) in [6.07, 6.45) is 1.72. The first-order valence-corrected chi connectivity index (χ1v) is 4.92. The topological polar surface area (TPSA) is 38.9 Å². The maximum Gasteiger partial charge on any atom is 0.0729 e. The maximum atomic E-state index is 5.88. The summed E-state index contributed by atoms with van der Waals surface area (Å²) in [6.45, 7) is 0.359. The third-order valence-corrected chi connectivity index (χ3v) is 2.26. The lowest BCUT2D eigenvalue weighted by Crippen LogP contribution is -1.93. The van der Waals surface area contributed by atoms with E-state index in [0.29, 0.717) is 11.6 Å². The molecule has 3 heteroatoms. The van der Waals surface area contributed by atoms with Crippen LogP contribution in [0.15, 0.2) is 30.5 Å². The van der Waals surface area contributed by atoms with Gasteiger partial charge in [-0.25, -0.2) is 0 Å². The Morgan fingerprint density at radius 1 is 1.33 bits per heavy atom. The Labute approximate surface area is 93.1 Å². The number of benzene rings is 1. The van der Waals surface area contributed by atoms with Crippen molar-refractivity contribution in [1.82, 2.24) is 4.98 Å². The molecule has 1 heterocycles. The largest absolute Gasteiger partial charge is 0.320 e. The third kappa shape index (κ3) is 2.10. The van der Waals surface area contributed by atoms with Crippen LogP contribution in [0.3, 0.4) is 0 Å². The molecule has 2 nitrogen and oxygen atoms in total. The van der Waals surface area contributed by atoms with Gasteiger partial charge in [0.15, 0.2) is 0 Å². The highest BCUT2D eigenvalue weighted by Crippen LogP contribution is 2.19. The number of fused-ring (bicyclic) bond motifs is 1. The second-order valence-corrected chi connectivity index (χ2v) is 3.46. The molecule has 0 fully saturated rings. The molecule has 15 heavy (non-hydrogen) atoms. The van der Waals surface area contributed by atoms with Crippen molar-refractivity contribution in [2.75, 3.05) is 6.54 Å².